The number of benzene rings is 1. The van der Waals surface area contributed by atoms with Gasteiger partial charge in [-0.2, -0.15) is 0 Å². The number of aliphatic carboxylic acids is 1. The van der Waals surface area contributed by atoms with Gasteiger partial charge in [0.15, 0.2) is 0 Å². The SMILES string of the molecule is CC(C)C[C@H](NC(=O)CN1C(=O)/C(=C/c2ccccc2)SC1=S)C(=O)O. The predicted octanol–water partition coefficient (Wildman–Crippen LogP) is 2.50. The fourth-order valence-corrected chi connectivity index (χ4v) is 3.67. The van der Waals surface area contributed by atoms with E-state index in [0.717, 1.165) is 17.3 Å². The molecule has 1 aromatic rings. The summed E-state index contributed by atoms with van der Waals surface area (Å²) in [6, 6.07) is 8.34. The summed E-state index contributed by atoms with van der Waals surface area (Å²) >= 11 is 6.32. The Kier molecular flexibility index (Phi) is 6.93. The van der Waals surface area contributed by atoms with Crippen LogP contribution in [0.4, 0.5) is 0 Å². The maximum atomic E-state index is 12.5. The van der Waals surface area contributed by atoms with Crippen molar-refractivity contribution in [2.45, 2.75) is 26.3 Å². The van der Waals surface area contributed by atoms with Crippen molar-refractivity contribution in [2.24, 2.45) is 5.92 Å². The van der Waals surface area contributed by atoms with E-state index in [2.05, 4.69) is 5.32 Å². The lowest BCUT2D eigenvalue weighted by molar-refractivity contribution is -0.142. The molecule has 2 N–H and O–H groups in total. The first-order chi connectivity index (χ1) is 12.3. The van der Waals surface area contributed by atoms with Crippen LogP contribution in [0.1, 0.15) is 25.8 Å². The molecule has 0 aromatic heterocycles. The second-order valence-electron chi connectivity index (χ2n) is 6.27. The molecule has 1 saturated heterocycles. The normalized spacial score (nSPS) is 17.0. The number of hydrogen-bond donors (Lipinski definition) is 2. The minimum Gasteiger partial charge on any atom is -0.480 e. The number of carbonyl (C=O) groups excluding carboxylic acids is 2. The molecule has 1 atom stereocenters. The lowest BCUT2D eigenvalue weighted by Gasteiger charge is -2.19. The van der Waals surface area contributed by atoms with Crippen LogP contribution in [0, 0.1) is 5.92 Å². The highest BCUT2D eigenvalue weighted by atomic mass is 32.2. The lowest BCUT2D eigenvalue weighted by Crippen LogP contribution is -2.47. The maximum absolute atomic E-state index is 12.5. The molecule has 0 spiro atoms. The smallest absolute Gasteiger partial charge is 0.326 e. The van der Waals surface area contributed by atoms with Gasteiger partial charge in [0.1, 0.15) is 16.9 Å². The third kappa shape index (κ3) is 5.40. The molecule has 138 valence electrons. The van der Waals surface area contributed by atoms with Gasteiger partial charge in [0, 0.05) is 0 Å². The molecule has 0 saturated carbocycles. The van der Waals surface area contributed by atoms with Crippen LogP contribution in [0.2, 0.25) is 0 Å². The molecular formula is C18H20N2O4S2. The minimum absolute atomic E-state index is 0.113. The molecule has 0 bridgehead atoms. The second-order valence-corrected chi connectivity index (χ2v) is 7.94. The summed E-state index contributed by atoms with van der Waals surface area (Å²) in [5, 5.41) is 11.7. The van der Waals surface area contributed by atoms with Crippen LogP contribution in [0.3, 0.4) is 0 Å². The fraction of sp³-hybridized carbons (Fsp3) is 0.333. The third-order valence-electron chi connectivity index (χ3n) is 3.61. The standard InChI is InChI=1S/C18H20N2O4S2/c1-11(2)8-13(17(23)24)19-15(21)10-20-16(22)14(26-18(20)25)9-12-6-4-3-5-7-12/h3-7,9,11,13H,8,10H2,1-2H3,(H,19,21)(H,23,24)/b14-9-/t13-/m0/s1. The van der Waals surface area contributed by atoms with E-state index in [4.69, 9.17) is 12.2 Å². The van der Waals surface area contributed by atoms with Gasteiger partial charge in [-0.15, -0.1) is 0 Å². The Labute approximate surface area is 161 Å². The van der Waals surface area contributed by atoms with Crippen molar-refractivity contribution in [3.8, 4) is 0 Å². The molecule has 1 heterocycles. The average Bonchev–Trinajstić information content (AvgIpc) is 2.82. The zero-order chi connectivity index (χ0) is 19.3. The molecule has 0 unspecified atom stereocenters. The van der Waals surface area contributed by atoms with Gasteiger partial charge in [0.2, 0.25) is 5.91 Å². The molecule has 1 fully saturated rings. The number of rotatable bonds is 7. The van der Waals surface area contributed by atoms with Crippen molar-refractivity contribution in [1.82, 2.24) is 10.2 Å². The lowest BCUT2D eigenvalue weighted by atomic mass is 10.0. The summed E-state index contributed by atoms with van der Waals surface area (Å²) < 4.78 is 0.281. The van der Waals surface area contributed by atoms with Gasteiger partial charge in [-0.05, 0) is 24.0 Å². The summed E-state index contributed by atoms with van der Waals surface area (Å²) in [5.41, 5.74) is 0.861. The average molecular weight is 393 g/mol. The number of amides is 2. The number of nitrogens with zero attached hydrogens (tertiary/aromatic N) is 1. The third-order valence-corrected chi connectivity index (χ3v) is 4.99. The van der Waals surface area contributed by atoms with Crippen molar-refractivity contribution in [2.75, 3.05) is 6.54 Å². The maximum Gasteiger partial charge on any atom is 0.326 e. The van der Waals surface area contributed by atoms with Crippen LogP contribution in [0.25, 0.3) is 6.08 Å². The van der Waals surface area contributed by atoms with Crippen LogP contribution in [-0.2, 0) is 14.4 Å². The van der Waals surface area contributed by atoms with Crippen molar-refractivity contribution < 1.29 is 19.5 Å². The van der Waals surface area contributed by atoms with Crippen LogP contribution < -0.4 is 5.32 Å². The monoisotopic (exact) mass is 392 g/mol. The Hall–Kier alpha value is -2.19. The molecule has 0 aliphatic carbocycles. The van der Waals surface area contributed by atoms with Crippen LogP contribution in [0.5, 0.6) is 0 Å². The molecule has 1 aliphatic heterocycles. The van der Waals surface area contributed by atoms with E-state index in [1.54, 1.807) is 6.08 Å². The first kappa shape index (κ1) is 20.1. The Morgan fingerprint density at radius 3 is 2.54 bits per heavy atom. The molecule has 0 radical (unpaired) electrons. The van der Waals surface area contributed by atoms with E-state index in [0.29, 0.717) is 11.3 Å². The number of hydrogen-bond acceptors (Lipinski definition) is 5. The van der Waals surface area contributed by atoms with E-state index in [1.807, 2.05) is 44.2 Å². The number of thiocarbonyl (C=S) groups is 1. The number of carboxylic acids is 1. The molecule has 26 heavy (non-hydrogen) atoms. The first-order valence-corrected chi connectivity index (χ1v) is 9.33. The highest BCUT2D eigenvalue weighted by molar-refractivity contribution is 8.26. The first-order valence-electron chi connectivity index (χ1n) is 8.10. The quantitative estimate of drug-likeness (QED) is 0.548. The highest BCUT2D eigenvalue weighted by Crippen LogP contribution is 2.32. The van der Waals surface area contributed by atoms with E-state index in [-0.39, 0.29) is 22.7 Å². The summed E-state index contributed by atoms with van der Waals surface area (Å²) in [7, 11) is 0. The summed E-state index contributed by atoms with van der Waals surface area (Å²) in [5.74, 6) is -1.88. The topological polar surface area (TPSA) is 86.7 Å². The summed E-state index contributed by atoms with van der Waals surface area (Å²) in [4.78, 5) is 37.6. The van der Waals surface area contributed by atoms with Gasteiger partial charge in [0.05, 0.1) is 4.91 Å². The van der Waals surface area contributed by atoms with Crippen molar-refractivity contribution in [1.29, 1.82) is 0 Å². The van der Waals surface area contributed by atoms with E-state index in [9.17, 15) is 19.5 Å². The van der Waals surface area contributed by atoms with Crippen LogP contribution in [-0.4, -0.2) is 44.7 Å². The van der Waals surface area contributed by atoms with E-state index >= 15 is 0 Å². The second kappa shape index (κ2) is 8.95. The molecule has 2 rings (SSSR count). The zero-order valence-corrected chi connectivity index (χ0v) is 16.1. The van der Waals surface area contributed by atoms with Crippen LogP contribution in [0.15, 0.2) is 35.2 Å². The summed E-state index contributed by atoms with van der Waals surface area (Å²) in [6.07, 6.45) is 2.03. The highest BCUT2D eigenvalue weighted by Gasteiger charge is 2.34. The van der Waals surface area contributed by atoms with Gasteiger partial charge in [-0.25, -0.2) is 4.79 Å². The largest absolute Gasteiger partial charge is 0.480 e. The zero-order valence-electron chi connectivity index (χ0n) is 14.5. The molecule has 8 heteroatoms. The van der Waals surface area contributed by atoms with Gasteiger partial charge < -0.3 is 10.4 Å². The van der Waals surface area contributed by atoms with E-state index in [1.165, 1.54) is 4.90 Å². The number of carboxylic acid groups (broad SMARTS) is 1. The summed E-state index contributed by atoms with van der Waals surface area (Å²) in [6.45, 7) is 3.45. The van der Waals surface area contributed by atoms with Crippen molar-refractivity contribution in [3.05, 3.63) is 40.8 Å². The van der Waals surface area contributed by atoms with Gasteiger partial charge in [-0.3, -0.25) is 14.5 Å². The Morgan fingerprint density at radius 2 is 1.96 bits per heavy atom. The van der Waals surface area contributed by atoms with Crippen LogP contribution >= 0.6 is 24.0 Å². The number of thioether (sulfide) groups is 1. The molecule has 2 amide bonds. The van der Waals surface area contributed by atoms with Crippen molar-refractivity contribution in [3.63, 3.8) is 0 Å². The molecule has 1 aliphatic rings. The molecule has 1 aromatic carbocycles. The van der Waals surface area contributed by atoms with Gasteiger partial charge in [0.25, 0.3) is 5.91 Å². The Balaban J connectivity index is 2.04. The van der Waals surface area contributed by atoms with Gasteiger partial charge in [-0.1, -0.05) is 68.2 Å². The minimum atomic E-state index is -1.10. The van der Waals surface area contributed by atoms with E-state index < -0.39 is 17.9 Å². The fourth-order valence-electron chi connectivity index (χ4n) is 2.41. The Bertz CT molecular complexity index is 747. The number of nitrogens with one attached hydrogen (secondary N) is 1. The molecule has 6 nitrogen and oxygen atoms in total. The predicted molar refractivity (Wildman–Crippen MR) is 105 cm³/mol. The number of carbonyl (C=O) groups is 3. The van der Waals surface area contributed by atoms with Crippen molar-refractivity contribution >= 4 is 52.2 Å². The molecular weight excluding hydrogens is 372 g/mol. The Morgan fingerprint density at radius 1 is 1.31 bits per heavy atom. The van der Waals surface area contributed by atoms with Gasteiger partial charge >= 0.3 is 5.97 Å².